The number of ether oxygens (including phenoxy) is 1. The topological polar surface area (TPSA) is 76.1 Å². The lowest BCUT2D eigenvalue weighted by Crippen LogP contribution is -2.38. The predicted octanol–water partition coefficient (Wildman–Crippen LogP) is 2.78. The average Bonchev–Trinajstić information content (AvgIpc) is 2.43. The van der Waals surface area contributed by atoms with E-state index in [2.05, 4.69) is 34.4 Å². The molecule has 0 aromatic carbocycles. The molecule has 1 amide bonds. The molecule has 0 saturated heterocycles. The van der Waals surface area contributed by atoms with Gasteiger partial charge in [-0.25, -0.2) is 14.8 Å². The second kappa shape index (κ2) is 8.44. The molecule has 0 spiro atoms. The molecule has 21 heavy (non-hydrogen) atoms. The van der Waals surface area contributed by atoms with Gasteiger partial charge >= 0.3 is 6.09 Å². The highest BCUT2D eigenvalue weighted by atomic mass is 16.5. The summed E-state index contributed by atoms with van der Waals surface area (Å²) in [6.07, 6.45) is 1.34. The third-order valence-corrected chi connectivity index (χ3v) is 2.75. The number of nitrogens with zero attached hydrogens (tertiary/aromatic N) is 2. The Morgan fingerprint density at radius 3 is 2.62 bits per heavy atom. The summed E-state index contributed by atoms with van der Waals surface area (Å²) in [6.45, 7) is 11.0. The van der Waals surface area contributed by atoms with Crippen LogP contribution in [0.4, 0.5) is 10.7 Å². The van der Waals surface area contributed by atoms with E-state index in [0.29, 0.717) is 30.9 Å². The van der Waals surface area contributed by atoms with Gasteiger partial charge in [-0.3, -0.25) is 0 Å². The van der Waals surface area contributed by atoms with Gasteiger partial charge in [0.15, 0.2) is 0 Å². The van der Waals surface area contributed by atoms with Crippen LogP contribution in [0.5, 0.6) is 0 Å². The lowest BCUT2D eigenvalue weighted by atomic mass is 10.1. The number of nitrogens with one attached hydrogen (secondary N) is 2. The number of amides is 1. The first-order chi connectivity index (χ1) is 9.88. The van der Waals surface area contributed by atoms with Crippen LogP contribution in [-0.4, -0.2) is 35.3 Å². The van der Waals surface area contributed by atoms with E-state index in [1.54, 1.807) is 6.20 Å². The molecule has 118 valence electrons. The van der Waals surface area contributed by atoms with Crippen molar-refractivity contribution in [3.05, 3.63) is 18.0 Å². The minimum atomic E-state index is -0.394. The second-order valence-corrected chi connectivity index (χ2v) is 5.88. The van der Waals surface area contributed by atoms with Gasteiger partial charge in [-0.1, -0.05) is 27.7 Å². The summed E-state index contributed by atoms with van der Waals surface area (Å²) in [7, 11) is 0. The molecule has 0 bridgehead atoms. The minimum Gasteiger partial charge on any atom is -0.449 e. The number of carbonyl (C=O) groups excluding carboxylic acids is 1. The highest BCUT2D eigenvalue weighted by Gasteiger charge is 2.10. The van der Waals surface area contributed by atoms with Crippen LogP contribution in [0.1, 0.15) is 46.2 Å². The molecular weight excluding hydrogens is 268 g/mol. The molecule has 6 nitrogen and oxygen atoms in total. The molecule has 0 aliphatic heterocycles. The molecule has 0 radical (unpaired) electrons. The molecule has 0 unspecified atom stereocenters. The van der Waals surface area contributed by atoms with Crippen LogP contribution in [-0.2, 0) is 4.74 Å². The van der Waals surface area contributed by atoms with Crippen molar-refractivity contribution in [2.24, 2.45) is 5.92 Å². The molecule has 1 aromatic rings. The molecule has 0 aliphatic rings. The SMILES string of the molecule is CC(C)COC(=O)N[C@H](C)CNc1nccc(C(C)C)n1. The normalized spacial score (nSPS) is 12.3. The van der Waals surface area contributed by atoms with Gasteiger partial charge in [-0.15, -0.1) is 0 Å². The predicted molar refractivity (Wildman–Crippen MR) is 83.4 cm³/mol. The summed E-state index contributed by atoms with van der Waals surface area (Å²) in [5.74, 6) is 1.26. The summed E-state index contributed by atoms with van der Waals surface area (Å²) in [6, 6.07) is 1.83. The van der Waals surface area contributed by atoms with Crippen LogP contribution < -0.4 is 10.6 Å². The van der Waals surface area contributed by atoms with E-state index in [9.17, 15) is 4.79 Å². The van der Waals surface area contributed by atoms with Crippen LogP contribution in [0.3, 0.4) is 0 Å². The number of carbonyl (C=O) groups is 1. The van der Waals surface area contributed by atoms with Crippen molar-refractivity contribution < 1.29 is 9.53 Å². The second-order valence-electron chi connectivity index (χ2n) is 5.88. The van der Waals surface area contributed by atoms with Crippen LogP contribution in [0.2, 0.25) is 0 Å². The fraction of sp³-hybridized carbons (Fsp3) is 0.667. The van der Waals surface area contributed by atoms with Gasteiger partial charge in [0.1, 0.15) is 0 Å². The summed E-state index contributed by atoms with van der Waals surface area (Å²) in [5, 5.41) is 5.88. The fourth-order valence-electron chi connectivity index (χ4n) is 1.56. The van der Waals surface area contributed by atoms with Crippen molar-refractivity contribution in [3.63, 3.8) is 0 Å². The van der Waals surface area contributed by atoms with E-state index in [4.69, 9.17) is 4.74 Å². The third-order valence-electron chi connectivity index (χ3n) is 2.75. The molecule has 1 aromatic heterocycles. The standard InChI is InChI=1S/C15H26N4O2/c1-10(2)9-21-15(20)18-12(5)8-17-14-16-7-6-13(19-14)11(3)4/h6-7,10-12H,8-9H2,1-5H3,(H,18,20)(H,16,17,19)/t12-/m1/s1. The largest absolute Gasteiger partial charge is 0.449 e. The van der Waals surface area contributed by atoms with Gasteiger partial charge < -0.3 is 15.4 Å². The summed E-state index contributed by atoms with van der Waals surface area (Å²) >= 11 is 0. The molecule has 1 atom stereocenters. The summed E-state index contributed by atoms with van der Waals surface area (Å²) in [4.78, 5) is 20.1. The number of alkyl carbamates (subject to hydrolysis) is 1. The van der Waals surface area contributed by atoms with Crippen molar-refractivity contribution in [2.45, 2.75) is 46.6 Å². The highest BCUT2D eigenvalue weighted by Crippen LogP contribution is 2.11. The number of rotatable bonds is 7. The van der Waals surface area contributed by atoms with Crippen molar-refractivity contribution in [3.8, 4) is 0 Å². The van der Waals surface area contributed by atoms with Gasteiger partial charge in [0.05, 0.1) is 6.61 Å². The Labute approximate surface area is 126 Å². The maximum atomic E-state index is 11.5. The van der Waals surface area contributed by atoms with Crippen LogP contribution >= 0.6 is 0 Å². The van der Waals surface area contributed by atoms with Gasteiger partial charge in [0.2, 0.25) is 5.95 Å². The van der Waals surface area contributed by atoms with Crippen LogP contribution in [0.25, 0.3) is 0 Å². The maximum Gasteiger partial charge on any atom is 0.407 e. The molecule has 6 heteroatoms. The van der Waals surface area contributed by atoms with Crippen LogP contribution in [0.15, 0.2) is 12.3 Å². The van der Waals surface area contributed by atoms with E-state index < -0.39 is 6.09 Å². The molecule has 1 heterocycles. The van der Waals surface area contributed by atoms with E-state index in [-0.39, 0.29) is 6.04 Å². The molecule has 2 N–H and O–H groups in total. The Morgan fingerprint density at radius 2 is 2.00 bits per heavy atom. The average molecular weight is 294 g/mol. The molecule has 1 rings (SSSR count). The lowest BCUT2D eigenvalue weighted by Gasteiger charge is -2.16. The maximum absolute atomic E-state index is 11.5. The Balaban J connectivity index is 2.37. The van der Waals surface area contributed by atoms with Crippen molar-refractivity contribution in [1.82, 2.24) is 15.3 Å². The molecule has 0 aliphatic carbocycles. The molecule has 0 saturated carbocycles. The number of anilines is 1. The first-order valence-corrected chi connectivity index (χ1v) is 7.38. The van der Waals surface area contributed by atoms with Crippen molar-refractivity contribution in [1.29, 1.82) is 0 Å². The third kappa shape index (κ3) is 6.92. The summed E-state index contributed by atoms with van der Waals surface area (Å²) < 4.78 is 5.07. The Bertz CT molecular complexity index is 449. The summed E-state index contributed by atoms with van der Waals surface area (Å²) in [5.41, 5.74) is 0.990. The first kappa shape index (κ1) is 17.2. The minimum absolute atomic E-state index is 0.0732. The molecule has 0 fully saturated rings. The van der Waals surface area contributed by atoms with E-state index in [0.717, 1.165) is 5.69 Å². The van der Waals surface area contributed by atoms with Crippen molar-refractivity contribution >= 4 is 12.0 Å². The highest BCUT2D eigenvalue weighted by molar-refractivity contribution is 5.67. The Morgan fingerprint density at radius 1 is 1.29 bits per heavy atom. The number of hydrogen-bond donors (Lipinski definition) is 2. The van der Waals surface area contributed by atoms with Crippen LogP contribution in [0, 0.1) is 5.92 Å². The van der Waals surface area contributed by atoms with Gasteiger partial charge in [-0.2, -0.15) is 0 Å². The smallest absolute Gasteiger partial charge is 0.407 e. The van der Waals surface area contributed by atoms with Gasteiger partial charge in [-0.05, 0) is 24.8 Å². The molecular formula is C15H26N4O2. The zero-order chi connectivity index (χ0) is 15.8. The Hall–Kier alpha value is -1.85. The Kier molecular flexibility index (Phi) is 6.91. The number of aromatic nitrogens is 2. The quantitative estimate of drug-likeness (QED) is 0.808. The van der Waals surface area contributed by atoms with E-state index >= 15 is 0 Å². The number of hydrogen-bond acceptors (Lipinski definition) is 5. The lowest BCUT2D eigenvalue weighted by molar-refractivity contribution is 0.130. The van der Waals surface area contributed by atoms with E-state index in [1.165, 1.54) is 0 Å². The zero-order valence-corrected chi connectivity index (χ0v) is 13.5. The zero-order valence-electron chi connectivity index (χ0n) is 13.5. The van der Waals surface area contributed by atoms with Gasteiger partial charge in [0.25, 0.3) is 0 Å². The van der Waals surface area contributed by atoms with Gasteiger partial charge in [0, 0.05) is 24.5 Å². The monoisotopic (exact) mass is 294 g/mol. The first-order valence-electron chi connectivity index (χ1n) is 7.38. The van der Waals surface area contributed by atoms with E-state index in [1.807, 2.05) is 26.8 Å². The fourth-order valence-corrected chi connectivity index (χ4v) is 1.56. The van der Waals surface area contributed by atoms with Crippen molar-refractivity contribution in [2.75, 3.05) is 18.5 Å².